The van der Waals surface area contributed by atoms with Crippen LogP contribution in [-0.4, -0.2) is 35.0 Å². The molecule has 42 heavy (non-hydrogen) atoms. The number of aromatic nitrogens is 3. The van der Waals surface area contributed by atoms with Crippen molar-refractivity contribution in [2.75, 3.05) is 21.5 Å². The van der Waals surface area contributed by atoms with Gasteiger partial charge < -0.3 is 11.1 Å². The van der Waals surface area contributed by atoms with Crippen molar-refractivity contribution in [1.29, 1.82) is 10.5 Å². The zero-order valence-electron chi connectivity index (χ0n) is 22.7. The standard InChI is InChI=1S/C29H26N8O3S2/c1-3-19-4-6-20(7-5-19)26-23(16-30)27(32)36-28(24(26)17-31)41-15-13-25(38)35-21-8-10-22(11-9-21)42(39,40)37-29-33-14-12-18(2)34-29/h4-12,14H,3,13,15H2,1-2H3,(H2,32,36)(H,35,38)(H,33,34,37). The molecule has 0 aliphatic rings. The zero-order valence-corrected chi connectivity index (χ0v) is 24.4. The van der Waals surface area contributed by atoms with Crippen molar-refractivity contribution in [3.05, 3.63) is 83.2 Å². The van der Waals surface area contributed by atoms with E-state index in [1.54, 1.807) is 13.0 Å². The number of carbonyl (C=O) groups excluding carboxylic acids is 1. The van der Waals surface area contributed by atoms with Gasteiger partial charge in [-0.1, -0.05) is 31.2 Å². The van der Waals surface area contributed by atoms with Gasteiger partial charge in [-0.15, -0.1) is 11.8 Å². The Morgan fingerprint density at radius 1 is 1.00 bits per heavy atom. The van der Waals surface area contributed by atoms with Crippen molar-refractivity contribution < 1.29 is 13.2 Å². The third-order valence-electron chi connectivity index (χ3n) is 6.10. The molecular formula is C29H26N8O3S2. The van der Waals surface area contributed by atoms with Gasteiger partial charge in [0.2, 0.25) is 11.9 Å². The van der Waals surface area contributed by atoms with Crippen LogP contribution in [-0.2, 0) is 21.2 Å². The number of sulfonamides is 1. The molecule has 2 aromatic carbocycles. The van der Waals surface area contributed by atoms with Gasteiger partial charge in [0.25, 0.3) is 10.0 Å². The van der Waals surface area contributed by atoms with Crippen LogP contribution in [0.3, 0.4) is 0 Å². The number of anilines is 3. The summed E-state index contributed by atoms with van der Waals surface area (Å²) in [6.07, 6.45) is 2.38. The second kappa shape index (κ2) is 13.1. The molecule has 0 unspecified atom stereocenters. The lowest BCUT2D eigenvalue weighted by atomic mass is 9.96. The summed E-state index contributed by atoms with van der Waals surface area (Å²) >= 11 is 1.18. The summed E-state index contributed by atoms with van der Waals surface area (Å²) in [6.45, 7) is 3.75. The molecular weight excluding hydrogens is 573 g/mol. The number of amides is 1. The third kappa shape index (κ3) is 7.01. The zero-order chi connectivity index (χ0) is 30.3. The molecule has 11 nitrogen and oxygen atoms in total. The fourth-order valence-electron chi connectivity index (χ4n) is 3.96. The first-order valence-electron chi connectivity index (χ1n) is 12.7. The minimum Gasteiger partial charge on any atom is -0.383 e. The number of pyridine rings is 1. The molecule has 0 spiro atoms. The molecule has 2 aromatic heterocycles. The van der Waals surface area contributed by atoms with E-state index >= 15 is 0 Å². The minimum absolute atomic E-state index is 0.0107. The number of aryl methyl sites for hydroxylation is 2. The molecule has 0 fully saturated rings. The number of carbonyl (C=O) groups is 1. The van der Waals surface area contributed by atoms with Crippen molar-refractivity contribution >= 4 is 45.1 Å². The van der Waals surface area contributed by atoms with E-state index < -0.39 is 10.0 Å². The van der Waals surface area contributed by atoms with E-state index in [1.807, 2.05) is 31.2 Å². The van der Waals surface area contributed by atoms with Crippen LogP contribution in [0.1, 0.15) is 35.7 Å². The predicted molar refractivity (Wildman–Crippen MR) is 161 cm³/mol. The van der Waals surface area contributed by atoms with E-state index in [2.05, 4.69) is 37.1 Å². The van der Waals surface area contributed by atoms with Gasteiger partial charge in [0.05, 0.1) is 10.5 Å². The lowest BCUT2D eigenvalue weighted by Crippen LogP contribution is -2.16. The molecule has 4 rings (SSSR count). The Kier molecular flexibility index (Phi) is 9.37. The van der Waals surface area contributed by atoms with Gasteiger partial charge in [0.15, 0.2) is 0 Å². The second-order valence-corrected chi connectivity index (χ2v) is 11.8. The Morgan fingerprint density at radius 2 is 1.69 bits per heavy atom. The summed E-state index contributed by atoms with van der Waals surface area (Å²) in [5, 5.41) is 22.7. The quantitative estimate of drug-likeness (QED) is 0.217. The van der Waals surface area contributed by atoms with Crippen LogP contribution >= 0.6 is 11.8 Å². The minimum atomic E-state index is -3.92. The summed E-state index contributed by atoms with van der Waals surface area (Å²) < 4.78 is 27.6. The van der Waals surface area contributed by atoms with Crippen LogP contribution in [0.25, 0.3) is 11.1 Å². The number of nitrogens with zero attached hydrogens (tertiary/aromatic N) is 5. The van der Waals surface area contributed by atoms with Crippen LogP contribution in [0, 0.1) is 29.6 Å². The Labute approximate surface area is 247 Å². The number of hydrogen-bond acceptors (Lipinski definition) is 10. The molecule has 0 bridgehead atoms. The summed E-state index contributed by atoms with van der Waals surface area (Å²) in [4.78, 5) is 24.8. The molecule has 0 radical (unpaired) electrons. The highest BCUT2D eigenvalue weighted by Crippen LogP contribution is 2.36. The molecule has 212 valence electrons. The normalized spacial score (nSPS) is 10.9. The number of nitrogens with two attached hydrogens (primary N) is 1. The molecule has 0 aliphatic carbocycles. The third-order valence-corrected chi connectivity index (χ3v) is 8.42. The average Bonchev–Trinajstić information content (AvgIpc) is 2.97. The van der Waals surface area contributed by atoms with Crippen molar-refractivity contribution in [2.45, 2.75) is 36.6 Å². The van der Waals surface area contributed by atoms with Gasteiger partial charge in [0.1, 0.15) is 28.5 Å². The fourth-order valence-corrected chi connectivity index (χ4v) is 5.84. The smallest absolute Gasteiger partial charge is 0.264 e. The van der Waals surface area contributed by atoms with Crippen molar-refractivity contribution in [3.63, 3.8) is 0 Å². The van der Waals surface area contributed by atoms with Crippen molar-refractivity contribution in [1.82, 2.24) is 15.0 Å². The highest BCUT2D eigenvalue weighted by Gasteiger charge is 2.21. The summed E-state index contributed by atoms with van der Waals surface area (Å²) in [6, 6.07) is 19.1. The van der Waals surface area contributed by atoms with Crippen LogP contribution in [0.15, 0.2) is 70.7 Å². The summed E-state index contributed by atoms with van der Waals surface area (Å²) in [5.41, 5.74) is 9.67. The van der Waals surface area contributed by atoms with Crippen molar-refractivity contribution in [3.8, 4) is 23.3 Å². The Bertz CT molecular complexity index is 1810. The van der Waals surface area contributed by atoms with E-state index in [9.17, 15) is 23.7 Å². The topological polar surface area (TPSA) is 188 Å². The van der Waals surface area contributed by atoms with Gasteiger partial charge in [-0.3, -0.25) is 4.79 Å². The Hall–Kier alpha value is -4.98. The molecule has 0 aliphatic heterocycles. The van der Waals surface area contributed by atoms with Crippen LogP contribution in [0.4, 0.5) is 17.5 Å². The fraction of sp³-hybridized carbons (Fsp3) is 0.172. The lowest BCUT2D eigenvalue weighted by Gasteiger charge is -2.13. The first-order chi connectivity index (χ1) is 20.1. The Morgan fingerprint density at radius 3 is 2.31 bits per heavy atom. The molecule has 0 saturated carbocycles. The predicted octanol–water partition coefficient (Wildman–Crippen LogP) is 4.66. The summed E-state index contributed by atoms with van der Waals surface area (Å²) in [7, 11) is -3.92. The van der Waals surface area contributed by atoms with Crippen LogP contribution in [0.2, 0.25) is 0 Å². The SMILES string of the molecule is CCc1ccc(-c2c(C#N)c(N)nc(SCCC(=O)Nc3ccc(S(=O)(=O)Nc4nccc(C)n4)cc3)c2C#N)cc1. The molecule has 13 heteroatoms. The first kappa shape index (κ1) is 30.0. The summed E-state index contributed by atoms with van der Waals surface area (Å²) in [5.74, 6) is -0.0687. The lowest BCUT2D eigenvalue weighted by molar-refractivity contribution is -0.115. The molecule has 0 saturated heterocycles. The highest BCUT2D eigenvalue weighted by molar-refractivity contribution is 7.99. The van der Waals surface area contributed by atoms with E-state index in [1.165, 1.54) is 42.2 Å². The number of nitrogens with one attached hydrogen (secondary N) is 2. The number of hydrogen-bond donors (Lipinski definition) is 3. The van der Waals surface area contributed by atoms with E-state index in [-0.39, 0.29) is 45.9 Å². The van der Waals surface area contributed by atoms with Gasteiger partial charge in [-0.25, -0.2) is 28.1 Å². The average molecular weight is 599 g/mol. The van der Waals surface area contributed by atoms with Gasteiger partial charge in [0, 0.05) is 35.3 Å². The van der Waals surface area contributed by atoms with E-state index in [4.69, 9.17) is 5.73 Å². The number of rotatable bonds is 10. The van der Waals surface area contributed by atoms with E-state index in [0.717, 1.165) is 12.0 Å². The second-order valence-electron chi connectivity index (χ2n) is 9.00. The molecule has 1 amide bonds. The van der Waals surface area contributed by atoms with Crippen LogP contribution < -0.4 is 15.8 Å². The van der Waals surface area contributed by atoms with Gasteiger partial charge >= 0.3 is 0 Å². The maximum Gasteiger partial charge on any atom is 0.264 e. The molecule has 4 N–H and O–H groups in total. The van der Waals surface area contributed by atoms with Crippen LogP contribution in [0.5, 0.6) is 0 Å². The maximum atomic E-state index is 12.6. The number of thioether (sulfide) groups is 1. The maximum absolute atomic E-state index is 12.6. The monoisotopic (exact) mass is 598 g/mol. The number of nitriles is 2. The van der Waals surface area contributed by atoms with Gasteiger partial charge in [-0.05, 0) is 54.8 Å². The molecule has 4 aromatic rings. The van der Waals surface area contributed by atoms with Crippen molar-refractivity contribution in [2.24, 2.45) is 0 Å². The molecule has 2 heterocycles. The molecule has 0 atom stereocenters. The number of benzene rings is 2. The van der Waals surface area contributed by atoms with Gasteiger partial charge in [-0.2, -0.15) is 10.5 Å². The first-order valence-corrected chi connectivity index (χ1v) is 15.2. The number of nitrogen functional groups attached to an aromatic ring is 1. The highest BCUT2D eigenvalue weighted by atomic mass is 32.2. The largest absolute Gasteiger partial charge is 0.383 e. The Balaban J connectivity index is 1.42. The van der Waals surface area contributed by atoms with E-state index in [0.29, 0.717) is 27.5 Å².